The maximum atomic E-state index is 12.7. The summed E-state index contributed by atoms with van der Waals surface area (Å²) in [7, 11) is 1.60. The molecule has 3 rings (SSSR count). The van der Waals surface area contributed by atoms with Gasteiger partial charge in [-0.25, -0.2) is 9.97 Å². The predicted molar refractivity (Wildman–Crippen MR) is 90.4 cm³/mol. The lowest BCUT2D eigenvalue weighted by Crippen LogP contribution is -2.52. The van der Waals surface area contributed by atoms with Crippen LogP contribution in [0.3, 0.4) is 0 Å². The predicted octanol–water partition coefficient (Wildman–Crippen LogP) is 1.41. The van der Waals surface area contributed by atoms with Gasteiger partial charge in [-0.05, 0) is 18.2 Å². The number of benzene rings is 1. The van der Waals surface area contributed by atoms with Crippen molar-refractivity contribution in [2.24, 2.45) is 0 Å². The molecular weight excluding hydrogens is 322 g/mol. The molecule has 25 heavy (non-hydrogen) atoms. The van der Waals surface area contributed by atoms with E-state index in [9.17, 15) is 4.79 Å². The van der Waals surface area contributed by atoms with E-state index in [0.717, 1.165) is 5.75 Å². The van der Waals surface area contributed by atoms with Gasteiger partial charge in [0.15, 0.2) is 0 Å². The molecule has 0 bridgehead atoms. The Morgan fingerprint density at radius 2 is 2.00 bits per heavy atom. The number of hydrogen-bond donors (Lipinski definition) is 0. The van der Waals surface area contributed by atoms with Gasteiger partial charge in [0.1, 0.15) is 18.0 Å². The van der Waals surface area contributed by atoms with Crippen LogP contribution in [0.15, 0.2) is 48.8 Å². The first-order valence-corrected chi connectivity index (χ1v) is 8.09. The van der Waals surface area contributed by atoms with Crippen LogP contribution in [0, 0.1) is 0 Å². The average molecular weight is 343 g/mol. The van der Waals surface area contributed by atoms with Crippen molar-refractivity contribution in [1.29, 1.82) is 0 Å². The first-order chi connectivity index (χ1) is 12.2. The number of aromatic nitrogens is 2. The summed E-state index contributed by atoms with van der Waals surface area (Å²) in [5.74, 6) is 0.665. The number of carbonyl (C=O) groups excluding carboxylic acids is 1. The zero-order valence-electron chi connectivity index (χ0n) is 14.1. The van der Waals surface area contributed by atoms with Gasteiger partial charge in [-0.1, -0.05) is 18.2 Å². The molecule has 1 saturated heterocycles. The molecule has 2 aromatic rings. The summed E-state index contributed by atoms with van der Waals surface area (Å²) in [6, 6.07) is 11.2. The van der Waals surface area contributed by atoms with E-state index < -0.39 is 5.60 Å². The Morgan fingerprint density at radius 3 is 2.72 bits per heavy atom. The van der Waals surface area contributed by atoms with E-state index in [1.807, 2.05) is 30.3 Å². The second kappa shape index (κ2) is 8.04. The lowest BCUT2D eigenvalue weighted by Gasteiger charge is -2.33. The number of rotatable bonds is 5. The summed E-state index contributed by atoms with van der Waals surface area (Å²) >= 11 is 0. The molecule has 0 radical (unpaired) electrons. The molecule has 1 aliphatic heterocycles. The number of hydrogen-bond acceptors (Lipinski definition) is 6. The minimum absolute atomic E-state index is 0.165. The lowest BCUT2D eigenvalue weighted by atomic mass is 10.1. The minimum Gasteiger partial charge on any atom is -0.490 e. The van der Waals surface area contributed by atoms with Crippen LogP contribution in [0.1, 0.15) is 10.6 Å². The van der Waals surface area contributed by atoms with Crippen LogP contribution < -0.4 is 4.74 Å². The monoisotopic (exact) mass is 343 g/mol. The van der Waals surface area contributed by atoms with Crippen LogP contribution in [0.4, 0.5) is 0 Å². The first-order valence-electron chi connectivity index (χ1n) is 8.09. The van der Waals surface area contributed by atoms with Crippen LogP contribution in [-0.4, -0.2) is 66.4 Å². The Labute approximate surface area is 146 Å². The first kappa shape index (κ1) is 17.3. The van der Waals surface area contributed by atoms with Gasteiger partial charge in [0.05, 0.1) is 19.8 Å². The Morgan fingerprint density at radius 1 is 1.24 bits per heavy atom. The summed E-state index contributed by atoms with van der Waals surface area (Å²) in [5.41, 5.74) is -0.753. The van der Waals surface area contributed by atoms with Gasteiger partial charge < -0.3 is 19.1 Å². The third-order valence-corrected chi connectivity index (χ3v) is 4.07. The molecule has 7 heteroatoms. The summed E-state index contributed by atoms with van der Waals surface area (Å²) in [4.78, 5) is 22.4. The number of methoxy groups -OCH3 is 1. The second-order valence-electron chi connectivity index (χ2n) is 5.84. The molecule has 7 nitrogen and oxygen atoms in total. The number of ether oxygens (including phenoxy) is 3. The summed E-state index contributed by atoms with van der Waals surface area (Å²) in [5, 5.41) is 0. The molecule has 0 spiro atoms. The topological polar surface area (TPSA) is 73.8 Å². The normalized spacial score (nSPS) is 20.8. The largest absolute Gasteiger partial charge is 0.490 e. The van der Waals surface area contributed by atoms with Crippen molar-refractivity contribution in [3.63, 3.8) is 0 Å². The van der Waals surface area contributed by atoms with Crippen molar-refractivity contribution in [3.05, 3.63) is 54.6 Å². The van der Waals surface area contributed by atoms with Gasteiger partial charge in [0, 0.05) is 26.0 Å². The van der Waals surface area contributed by atoms with Crippen molar-refractivity contribution >= 4 is 5.91 Å². The second-order valence-corrected chi connectivity index (χ2v) is 5.84. The van der Waals surface area contributed by atoms with E-state index in [0.29, 0.717) is 26.3 Å². The van der Waals surface area contributed by atoms with Crippen molar-refractivity contribution in [2.45, 2.75) is 5.60 Å². The number of carbonyl (C=O) groups is 1. The van der Waals surface area contributed by atoms with Gasteiger partial charge in [0.25, 0.3) is 5.91 Å². The minimum atomic E-state index is -0.753. The highest BCUT2D eigenvalue weighted by Crippen LogP contribution is 2.20. The van der Waals surface area contributed by atoms with Crippen LogP contribution in [0.5, 0.6) is 5.75 Å². The molecular formula is C18H21N3O4. The maximum absolute atomic E-state index is 12.7. The third kappa shape index (κ3) is 4.32. The van der Waals surface area contributed by atoms with Crippen LogP contribution in [0.25, 0.3) is 0 Å². The molecule has 1 aromatic heterocycles. The third-order valence-electron chi connectivity index (χ3n) is 4.07. The molecule has 132 valence electrons. The molecule has 1 amide bonds. The molecule has 1 fully saturated rings. The van der Waals surface area contributed by atoms with Gasteiger partial charge >= 0.3 is 0 Å². The fourth-order valence-electron chi connectivity index (χ4n) is 2.63. The van der Waals surface area contributed by atoms with E-state index in [2.05, 4.69) is 9.97 Å². The van der Waals surface area contributed by atoms with Crippen molar-refractivity contribution in [1.82, 2.24) is 14.9 Å². The number of amides is 1. The Hall–Kier alpha value is -2.51. The van der Waals surface area contributed by atoms with Gasteiger partial charge in [-0.3, -0.25) is 4.79 Å². The molecule has 0 N–H and O–H groups in total. The Kier molecular flexibility index (Phi) is 5.57. The van der Waals surface area contributed by atoms with Crippen LogP contribution in [-0.2, 0) is 9.47 Å². The van der Waals surface area contributed by atoms with Crippen molar-refractivity contribution in [3.8, 4) is 5.75 Å². The SMILES string of the molecule is CO[C@@]1(COc2ccccc2)COCCN(C(=O)c2ncccn2)C1. The Bertz CT molecular complexity index is 683. The van der Waals surface area contributed by atoms with Gasteiger partial charge in [-0.2, -0.15) is 0 Å². The van der Waals surface area contributed by atoms with E-state index in [1.54, 1.807) is 30.5 Å². The molecule has 0 saturated carbocycles. The highest BCUT2D eigenvalue weighted by Gasteiger charge is 2.38. The van der Waals surface area contributed by atoms with Gasteiger partial charge in [-0.15, -0.1) is 0 Å². The number of para-hydroxylation sites is 1. The summed E-state index contributed by atoms with van der Waals surface area (Å²) < 4.78 is 17.2. The molecule has 2 heterocycles. The average Bonchev–Trinajstić information content (AvgIpc) is 2.91. The fraction of sp³-hybridized carbons (Fsp3) is 0.389. The summed E-state index contributed by atoms with van der Waals surface area (Å²) in [6.45, 7) is 1.83. The smallest absolute Gasteiger partial charge is 0.291 e. The molecule has 0 aliphatic carbocycles. The number of nitrogens with zero attached hydrogens (tertiary/aromatic N) is 3. The van der Waals surface area contributed by atoms with Crippen LogP contribution in [0.2, 0.25) is 0 Å². The quantitative estimate of drug-likeness (QED) is 0.817. The highest BCUT2D eigenvalue weighted by molar-refractivity contribution is 5.90. The lowest BCUT2D eigenvalue weighted by molar-refractivity contribution is -0.0899. The summed E-state index contributed by atoms with van der Waals surface area (Å²) in [6.07, 6.45) is 3.10. The molecule has 1 aromatic carbocycles. The Balaban J connectivity index is 1.73. The van der Waals surface area contributed by atoms with E-state index in [1.165, 1.54) is 0 Å². The van der Waals surface area contributed by atoms with Crippen molar-refractivity contribution in [2.75, 3.05) is 40.0 Å². The standard InChI is InChI=1S/C18H21N3O4/c1-23-18(14-25-15-6-3-2-4-7-15)12-21(10-11-24-13-18)17(22)16-19-8-5-9-20-16/h2-9H,10-14H2,1H3/t18-/m1/s1. The zero-order valence-corrected chi connectivity index (χ0v) is 14.1. The van der Waals surface area contributed by atoms with Crippen molar-refractivity contribution < 1.29 is 19.0 Å². The van der Waals surface area contributed by atoms with Crippen LogP contribution >= 0.6 is 0 Å². The van der Waals surface area contributed by atoms with E-state index in [4.69, 9.17) is 14.2 Å². The molecule has 0 unspecified atom stereocenters. The van der Waals surface area contributed by atoms with E-state index >= 15 is 0 Å². The fourth-order valence-corrected chi connectivity index (χ4v) is 2.63. The molecule has 1 aliphatic rings. The molecule has 1 atom stereocenters. The maximum Gasteiger partial charge on any atom is 0.291 e. The van der Waals surface area contributed by atoms with Gasteiger partial charge in [0.2, 0.25) is 5.82 Å². The van der Waals surface area contributed by atoms with E-state index in [-0.39, 0.29) is 18.3 Å². The zero-order chi connectivity index (χ0) is 17.5. The highest BCUT2D eigenvalue weighted by atomic mass is 16.6.